The van der Waals surface area contributed by atoms with Crippen LogP contribution < -0.4 is 0 Å². The number of nitrogens with zero attached hydrogens (tertiary/aromatic N) is 2. The Morgan fingerprint density at radius 1 is 1.43 bits per heavy atom. The Bertz CT molecular complexity index is 784. The molecule has 0 spiro atoms. The maximum Gasteiger partial charge on any atom is 0.313 e. The van der Waals surface area contributed by atoms with Crippen molar-refractivity contribution in [3.8, 4) is 0 Å². The maximum atomic E-state index is 10.8. The summed E-state index contributed by atoms with van der Waals surface area (Å²) in [5, 5.41) is 11.6. The summed E-state index contributed by atoms with van der Waals surface area (Å²) in [7, 11) is 0. The van der Waals surface area contributed by atoms with Gasteiger partial charge in [-0.25, -0.2) is 4.98 Å². The van der Waals surface area contributed by atoms with Gasteiger partial charge < -0.3 is 9.67 Å². The number of thioether (sulfide) groups is 1. The van der Waals surface area contributed by atoms with E-state index in [0.29, 0.717) is 6.54 Å². The molecule has 0 atom stereocenters. The van der Waals surface area contributed by atoms with Gasteiger partial charge in [0, 0.05) is 9.35 Å². The molecule has 7 heteroatoms. The number of carboxylic acid groups (broad SMARTS) is 1. The van der Waals surface area contributed by atoms with Crippen LogP contribution in [0.25, 0.3) is 11.0 Å². The quantitative estimate of drug-likeness (QED) is 0.675. The van der Waals surface area contributed by atoms with Gasteiger partial charge in [-0.2, -0.15) is 0 Å². The van der Waals surface area contributed by atoms with Gasteiger partial charge in [-0.1, -0.05) is 33.8 Å². The normalized spacial score (nSPS) is 11.1. The van der Waals surface area contributed by atoms with Gasteiger partial charge in [0.25, 0.3) is 0 Å². The first kappa shape index (κ1) is 14.6. The highest BCUT2D eigenvalue weighted by molar-refractivity contribution is 9.10. The summed E-state index contributed by atoms with van der Waals surface area (Å²) in [6.07, 6.45) is 0. The molecular formula is C14H11BrN2O2S2. The number of hydrogen-bond acceptors (Lipinski definition) is 4. The molecule has 0 saturated heterocycles. The van der Waals surface area contributed by atoms with Gasteiger partial charge in [-0.05, 0) is 29.6 Å². The average Bonchev–Trinajstić information content (AvgIpc) is 3.06. The first-order valence-corrected chi connectivity index (χ1v) is 8.82. The topological polar surface area (TPSA) is 55.1 Å². The fraction of sp³-hybridized carbons (Fsp3) is 0.143. The fourth-order valence-corrected chi connectivity index (χ4v) is 3.80. The van der Waals surface area contributed by atoms with Crippen LogP contribution in [0.5, 0.6) is 0 Å². The summed E-state index contributed by atoms with van der Waals surface area (Å²) in [6, 6.07) is 9.98. The smallest absolute Gasteiger partial charge is 0.313 e. The van der Waals surface area contributed by atoms with Crippen LogP contribution in [0.4, 0.5) is 0 Å². The van der Waals surface area contributed by atoms with Crippen LogP contribution in [-0.4, -0.2) is 26.4 Å². The molecule has 21 heavy (non-hydrogen) atoms. The van der Waals surface area contributed by atoms with Gasteiger partial charge in [0.1, 0.15) is 0 Å². The minimum atomic E-state index is -0.837. The second-order valence-corrected chi connectivity index (χ2v) is 7.27. The summed E-state index contributed by atoms with van der Waals surface area (Å²) >= 11 is 6.41. The van der Waals surface area contributed by atoms with Crippen LogP contribution in [0.1, 0.15) is 4.88 Å². The third kappa shape index (κ3) is 3.30. The Labute approximate surface area is 137 Å². The van der Waals surface area contributed by atoms with Crippen molar-refractivity contribution in [2.75, 3.05) is 5.75 Å². The van der Waals surface area contributed by atoms with Crippen molar-refractivity contribution in [1.82, 2.24) is 9.55 Å². The Balaban J connectivity index is 2.04. The largest absolute Gasteiger partial charge is 0.481 e. The third-order valence-electron chi connectivity index (χ3n) is 2.89. The van der Waals surface area contributed by atoms with E-state index in [-0.39, 0.29) is 5.75 Å². The molecule has 3 rings (SSSR count). The maximum absolute atomic E-state index is 10.8. The van der Waals surface area contributed by atoms with Gasteiger partial charge in [0.05, 0.1) is 23.3 Å². The molecule has 0 radical (unpaired) electrons. The van der Waals surface area contributed by atoms with Crippen LogP contribution in [0, 0.1) is 0 Å². The number of rotatable bonds is 5. The molecule has 0 aliphatic rings. The zero-order valence-electron chi connectivity index (χ0n) is 10.8. The van der Waals surface area contributed by atoms with E-state index < -0.39 is 5.97 Å². The molecule has 1 N–H and O–H groups in total. The Kier molecular flexibility index (Phi) is 4.32. The van der Waals surface area contributed by atoms with Crippen molar-refractivity contribution >= 4 is 56.0 Å². The first-order valence-electron chi connectivity index (χ1n) is 6.16. The van der Waals surface area contributed by atoms with E-state index in [9.17, 15) is 4.79 Å². The summed E-state index contributed by atoms with van der Waals surface area (Å²) < 4.78 is 3.05. The molecule has 0 saturated carbocycles. The van der Waals surface area contributed by atoms with Crippen molar-refractivity contribution in [3.63, 3.8) is 0 Å². The van der Waals surface area contributed by atoms with E-state index in [1.54, 1.807) is 11.3 Å². The second-order valence-electron chi connectivity index (χ2n) is 4.38. The molecule has 108 valence electrons. The molecular weight excluding hydrogens is 372 g/mol. The molecule has 1 aromatic carbocycles. The lowest BCUT2D eigenvalue weighted by Gasteiger charge is -2.07. The number of imidazole rings is 1. The minimum Gasteiger partial charge on any atom is -0.481 e. The fourth-order valence-electron chi connectivity index (χ4n) is 2.02. The Morgan fingerprint density at radius 3 is 3.00 bits per heavy atom. The number of benzene rings is 1. The van der Waals surface area contributed by atoms with E-state index in [0.717, 1.165) is 20.7 Å². The lowest BCUT2D eigenvalue weighted by molar-refractivity contribution is -0.133. The Morgan fingerprint density at radius 2 is 2.29 bits per heavy atom. The summed E-state index contributed by atoms with van der Waals surface area (Å²) in [5.74, 6) is -0.828. The van der Waals surface area contributed by atoms with Gasteiger partial charge >= 0.3 is 5.97 Å². The number of halogens is 1. The number of aliphatic carboxylic acids is 1. The van der Waals surface area contributed by atoms with E-state index in [4.69, 9.17) is 5.11 Å². The van der Waals surface area contributed by atoms with Crippen LogP contribution in [0.3, 0.4) is 0 Å². The van der Waals surface area contributed by atoms with Gasteiger partial charge in [0.2, 0.25) is 0 Å². The summed E-state index contributed by atoms with van der Waals surface area (Å²) in [4.78, 5) is 16.6. The number of thiophene rings is 1. The lowest BCUT2D eigenvalue weighted by Crippen LogP contribution is -2.03. The Hall–Kier alpha value is -1.31. The molecule has 2 aromatic heterocycles. The predicted molar refractivity (Wildman–Crippen MR) is 89.2 cm³/mol. The average molecular weight is 383 g/mol. The predicted octanol–water partition coefficient (Wildman–Crippen LogP) is 4.09. The zero-order chi connectivity index (χ0) is 14.8. The third-order valence-corrected chi connectivity index (χ3v) is 5.21. The van der Waals surface area contributed by atoms with Crippen molar-refractivity contribution in [2.24, 2.45) is 0 Å². The molecule has 0 fully saturated rings. The molecule has 0 aliphatic heterocycles. The second kappa shape index (κ2) is 6.21. The highest BCUT2D eigenvalue weighted by Crippen LogP contribution is 2.28. The van der Waals surface area contributed by atoms with E-state index in [2.05, 4.69) is 31.5 Å². The zero-order valence-corrected chi connectivity index (χ0v) is 14.0. The molecule has 2 heterocycles. The summed E-state index contributed by atoms with van der Waals surface area (Å²) in [5.41, 5.74) is 1.88. The minimum absolute atomic E-state index is 0.00886. The highest BCUT2D eigenvalue weighted by atomic mass is 79.9. The molecule has 0 aliphatic carbocycles. The number of fused-ring (bicyclic) bond motifs is 1. The highest BCUT2D eigenvalue weighted by Gasteiger charge is 2.13. The van der Waals surface area contributed by atoms with E-state index in [1.165, 1.54) is 16.6 Å². The van der Waals surface area contributed by atoms with Crippen molar-refractivity contribution in [2.45, 2.75) is 11.7 Å². The lowest BCUT2D eigenvalue weighted by atomic mass is 10.3. The van der Waals surface area contributed by atoms with E-state index >= 15 is 0 Å². The molecule has 0 unspecified atom stereocenters. The van der Waals surface area contributed by atoms with Crippen molar-refractivity contribution in [3.05, 3.63) is 45.1 Å². The SMILES string of the molecule is O=C(O)CSc1nc2ccc(Br)cc2n1Cc1cccs1. The monoisotopic (exact) mass is 382 g/mol. The number of hydrogen-bond donors (Lipinski definition) is 1. The van der Waals surface area contributed by atoms with Crippen LogP contribution in [0.2, 0.25) is 0 Å². The molecule has 0 amide bonds. The van der Waals surface area contributed by atoms with Gasteiger partial charge in [-0.3, -0.25) is 4.79 Å². The number of aromatic nitrogens is 2. The number of carbonyl (C=O) groups is 1. The van der Waals surface area contributed by atoms with Gasteiger partial charge in [0.15, 0.2) is 5.16 Å². The van der Waals surface area contributed by atoms with Crippen LogP contribution in [-0.2, 0) is 11.3 Å². The first-order chi connectivity index (χ1) is 10.1. The standard InChI is InChI=1S/C14H11BrN2O2S2/c15-9-3-4-11-12(6-9)17(7-10-2-1-5-20-10)14(16-11)21-8-13(18)19/h1-6H,7-8H2,(H,18,19). The van der Waals surface area contributed by atoms with Crippen molar-refractivity contribution < 1.29 is 9.90 Å². The van der Waals surface area contributed by atoms with Gasteiger partial charge in [-0.15, -0.1) is 11.3 Å². The van der Waals surface area contributed by atoms with E-state index in [1.807, 2.05) is 29.6 Å². The van der Waals surface area contributed by atoms with Crippen LogP contribution in [0.15, 0.2) is 45.3 Å². The van der Waals surface area contributed by atoms with Crippen molar-refractivity contribution in [1.29, 1.82) is 0 Å². The summed E-state index contributed by atoms with van der Waals surface area (Å²) in [6.45, 7) is 0.701. The molecule has 4 nitrogen and oxygen atoms in total. The molecule has 3 aromatic rings. The molecule has 0 bridgehead atoms. The number of carboxylic acids is 1. The van der Waals surface area contributed by atoms with Crippen LogP contribution >= 0.6 is 39.0 Å².